The minimum atomic E-state index is -1.10. The van der Waals surface area contributed by atoms with Gasteiger partial charge in [-0.3, -0.25) is 14.3 Å². The number of carbonyl (C=O) groups excluding carboxylic acids is 2. The molecule has 2 aliphatic rings. The monoisotopic (exact) mass is 339 g/mol. The second-order valence-electron chi connectivity index (χ2n) is 5.20. The van der Waals surface area contributed by atoms with Crippen molar-refractivity contribution in [3.05, 3.63) is 28.2 Å². The Morgan fingerprint density at radius 3 is 3.00 bits per heavy atom. The van der Waals surface area contributed by atoms with Crippen LogP contribution < -0.4 is 15.6 Å². The molecule has 10 heteroatoms. The Morgan fingerprint density at radius 1 is 1.46 bits per heavy atom. The molecule has 0 aromatic carbocycles. The first-order chi connectivity index (χ1) is 11.5. The van der Waals surface area contributed by atoms with Crippen molar-refractivity contribution in [3.8, 4) is 5.75 Å². The molecular formula is C14H17N3O7. The number of fused-ring (bicyclic) bond motifs is 2. The van der Waals surface area contributed by atoms with Gasteiger partial charge in [-0.1, -0.05) is 0 Å². The smallest absolute Gasteiger partial charge is 0.448 e. The maximum atomic E-state index is 12.7. The van der Waals surface area contributed by atoms with Crippen molar-refractivity contribution in [3.63, 3.8) is 0 Å². The van der Waals surface area contributed by atoms with Crippen LogP contribution in [0.3, 0.4) is 0 Å². The standard InChI is InChI=1S/C14H17N3O7/c1-8(24-14(20)21-2)23-12-9(18)3-4-17-11(12)13(19)16-5-6-22-7-10(16)15-17/h3-4,8,10,15H,5-7H2,1-2H3. The van der Waals surface area contributed by atoms with Gasteiger partial charge in [0.1, 0.15) is 6.17 Å². The van der Waals surface area contributed by atoms with E-state index in [1.54, 1.807) is 4.90 Å². The van der Waals surface area contributed by atoms with Gasteiger partial charge in [-0.25, -0.2) is 4.79 Å². The summed E-state index contributed by atoms with van der Waals surface area (Å²) in [6.07, 6.45) is -0.935. The van der Waals surface area contributed by atoms with E-state index in [1.165, 1.54) is 23.9 Å². The minimum Gasteiger partial charge on any atom is -0.448 e. The fraction of sp³-hybridized carbons (Fsp3) is 0.500. The lowest BCUT2D eigenvalue weighted by molar-refractivity contribution is -0.0489. The number of nitrogens with zero attached hydrogens (tertiary/aromatic N) is 2. The third kappa shape index (κ3) is 2.87. The predicted octanol–water partition coefficient (Wildman–Crippen LogP) is -0.288. The van der Waals surface area contributed by atoms with Crippen LogP contribution in [0.25, 0.3) is 0 Å². The van der Waals surface area contributed by atoms with Crippen LogP contribution in [-0.2, 0) is 14.2 Å². The molecule has 3 heterocycles. The Bertz CT molecular complexity index is 717. The number of morpholine rings is 1. The van der Waals surface area contributed by atoms with E-state index in [2.05, 4.69) is 10.2 Å². The zero-order chi connectivity index (χ0) is 17.3. The molecule has 0 saturated carbocycles. The molecule has 1 saturated heterocycles. The highest BCUT2D eigenvalue weighted by atomic mass is 16.8. The summed E-state index contributed by atoms with van der Waals surface area (Å²) in [5.41, 5.74) is 2.61. The van der Waals surface area contributed by atoms with E-state index in [-0.39, 0.29) is 23.5 Å². The van der Waals surface area contributed by atoms with Gasteiger partial charge < -0.3 is 29.3 Å². The highest BCUT2D eigenvalue weighted by Crippen LogP contribution is 2.23. The molecule has 1 N–H and O–H groups in total. The maximum Gasteiger partial charge on any atom is 0.511 e. The number of aromatic nitrogens is 1. The SMILES string of the molecule is COC(=O)OC(C)Oc1c2n(ccc1=O)NC1COCCN1C2=O. The van der Waals surface area contributed by atoms with Gasteiger partial charge in [0.25, 0.3) is 5.91 Å². The van der Waals surface area contributed by atoms with Crippen LogP contribution in [-0.4, -0.2) is 61.0 Å². The van der Waals surface area contributed by atoms with E-state index in [1.807, 2.05) is 0 Å². The number of nitrogens with one attached hydrogen (secondary N) is 1. The minimum absolute atomic E-state index is 0.0426. The molecule has 10 nitrogen and oxygen atoms in total. The molecule has 0 spiro atoms. The van der Waals surface area contributed by atoms with Crippen LogP contribution in [0.5, 0.6) is 5.75 Å². The lowest BCUT2D eigenvalue weighted by Crippen LogP contribution is -2.59. The van der Waals surface area contributed by atoms with Gasteiger partial charge in [0.05, 0.1) is 20.3 Å². The molecule has 0 radical (unpaired) electrons. The molecule has 1 aromatic rings. The second kappa shape index (κ2) is 6.40. The molecule has 1 amide bonds. The first-order valence-electron chi connectivity index (χ1n) is 7.33. The summed E-state index contributed by atoms with van der Waals surface area (Å²) in [7, 11) is 1.15. The Labute approximate surface area is 136 Å². The lowest BCUT2D eigenvalue weighted by atomic mass is 10.2. The zero-order valence-electron chi connectivity index (χ0n) is 13.2. The molecule has 0 aliphatic carbocycles. The van der Waals surface area contributed by atoms with Crippen LogP contribution >= 0.6 is 0 Å². The molecule has 2 atom stereocenters. The average Bonchev–Trinajstić information content (AvgIpc) is 2.57. The molecule has 1 aromatic heterocycles. The largest absolute Gasteiger partial charge is 0.511 e. The van der Waals surface area contributed by atoms with Crippen LogP contribution in [0.15, 0.2) is 17.1 Å². The van der Waals surface area contributed by atoms with E-state index < -0.39 is 17.9 Å². The van der Waals surface area contributed by atoms with Crippen molar-refractivity contribution in [1.82, 2.24) is 9.58 Å². The molecule has 130 valence electrons. The van der Waals surface area contributed by atoms with E-state index in [4.69, 9.17) is 14.2 Å². The Balaban J connectivity index is 1.92. The van der Waals surface area contributed by atoms with Crippen LogP contribution in [0.1, 0.15) is 17.4 Å². The molecule has 2 unspecified atom stereocenters. The molecule has 0 bridgehead atoms. The molecule has 24 heavy (non-hydrogen) atoms. The third-order valence-corrected chi connectivity index (χ3v) is 3.65. The second-order valence-corrected chi connectivity index (χ2v) is 5.20. The van der Waals surface area contributed by atoms with Gasteiger partial charge in [0.2, 0.25) is 17.5 Å². The summed E-state index contributed by atoms with van der Waals surface area (Å²) < 4.78 is 21.3. The summed E-state index contributed by atoms with van der Waals surface area (Å²) in [5, 5.41) is 0. The van der Waals surface area contributed by atoms with Gasteiger partial charge in [0, 0.05) is 25.7 Å². The summed E-state index contributed by atoms with van der Waals surface area (Å²) in [4.78, 5) is 37.6. The summed E-state index contributed by atoms with van der Waals surface area (Å²) in [5.74, 6) is -0.559. The quantitative estimate of drug-likeness (QED) is 0.591. The number of amides is 1. The molecule has 2 aliphatic heterocycles. The summed E-state index contributed by atoms with van der Waals surface area (Å²) >= 11 is 0. The average molecular weight is 339 g/mol. The Hall–Kier alpha value is -2.75. The van der Waals surface area contributed by atoms with Crippen molar-refractivity contribution in [2.24, 2.45) is 0 Å². The van der Waals surface area contributed by atoms with Gasteiger partial charge in [-0.05, 0) is 0 Å². The normalized spacial score (nSPS) is 20.3. The first-order valence-corrected chi connectivity index (χ1v) is 7.33. The number of hydrogen-bond donors (Lipinski definition) is 1. The molecular weight excluding hydrogens is 322 g/mol. The van der Waals surface area contributed by atoms with Crippen molar-refractivity contribution in [1.29, 1.82) is 0 Å². The topological polar surface area (TPSA) is 108 Å². The van der Waals surface area contributed by atoms with Crippen molar-refractivity contribution in [2.45, 2.75) is 19.4 Å². The number of rotatable bonds is 3. The number of pyridine rings is 1. The predicted molar refractivity (Wildman–Crippen MR) is 79.3 cm³/mol. The van der Waals surface area contributed by atoms with E-state index in [0.717, 1.165) is 7.11 Å². The number of ether oxygens (including phenoxy) is 4. The van der Waals surface area contributed by atoms with Crippen LogP contribution in [0.2, 0.25) is 0 Å². The van der Waals surface area contributed by atoms with Crippen molar-refractivity contribution >= 4 is 12.1 Å². The highest BCUT2D eigenvalue weighted by Gasteiger charge is 2.37. The summed E-state index contributed by atoms with van der Waals surface area (Å²) in [6.45, 7) is 2.57. The van der Waals surface area contributed by atoms with Crippen molar-refractivity contribution in [2.75, 3.05) is 32.3 Å². The summed E-state index contributed by atoms with van der Waals surface area (Å²) in [6, 6.07) is 1.25. The van der Waals surface area contributed by atoms with Gasteiger partial charge in [-0.2, -0.15) is 0 Å². The number of hydrogen-bond acceptors (Lipinski definition) is 8. The van der Waals surface area contributed by atoms with E-state index in [9.17, 15) is 14.4 Å². The molecule has 3 rings (SSSR count). The van der Waals surface area contributed by atoms with Gasteiger partial charge in [-0.15, -0.1) is 0 Å². The fourth-order valence-electron chi connectivity index (χ4n) is 2.56. The van der Waals surface area contributed by atoms with Crippen LogP contribution in [0, 0.1) is 0 Å². The zero-order valence-corrected chi connectivity index (χ0v) is 13.2. The number of methoxy groups -OCH3 is 1. The van der Waals surface area contributed by atoms with Gasteiger partial charge in [0.15, 0.2) is 5.69 Å². The number of carbonyl (C=O) groups is 2. The fourth-order valence-corrected chi connectivity index (χ4v) is 2.56. The maximum absolute atomic E-state index is 12.7. The van der Waals surface area contributed by atoms with Crippen molar-refractivity contribution < 1.29 is 28.5 Å². The first kappa shape index (κ1) is 16.1. The third-order valence-electron chi connectivity index (χ3n) is 3.65. The van der Waals surface area contributed by atoms with E-state index >= 15 is 0 Å². The molecule has 1 fully saturated rings. The lowest BCUT2D eigenvalue weighted by Gasteiger charge is -2.41. The van der Waals surface area contributed by atoms with E-state index in [0.29, 0.717) is 19.8 Å². The Kier molecular flexibility index (Phi) is 4.30. The highest BCUT2D eigenvalue weighted by molar-refractivity contribution is 5.96. The van der Waals surface area contributed by atoms with Crippen LogP contribution in [0.4, 0.5) is 4.79 Å². The Morgan fingerprint density at radius 2 is 2.25 bits per heavy atom. The van der Waals surface area contributed by atoms with Gasteiger partial charge >= 0.3 is 6.16 Å².